The Morgan fingerprint density at radius 1 is 1.16 bits per heavy atom. The smallest absolute Gasteiger partial charge is 0.269 e. The van der Waals surface area contributed by atoms with Gasteiger partial charge < -0.3 is 9.80 Å². The van der Waals surface area contributed by atoms with Crippen molar-refractivity contribution < 1.29 is 9.72 Å². The molecule has 1 heterocycles. The van der Waals surface area contributed by atoms with Gasteiger partial charge in [-0.25, -0.2) is 0 Å². The summed E-state index contributed by atoms with van der Waals surface area (Å²) in [5.74, 6) is -0.0420. The third kappa shape index (κ3) is 2.73. The number of carbonyl (C=O) groups is 1. The highest BCUT2D eigenvalue weighted by Gasteiger charge is 2.46. The molecule has 2 aromatic rings. The molecular formula is C19H21N3O3. The van der Waals surface area contributed by atoms with Gasteiger partial charge in [-0.05, 0) is 42.7 Å². The van der Waals surface area contributed by atoms with E-state index in [0.29, 0.717) is 12.0 Å². The molecule has 1 aliphatic heterocycles. The molecule has 0 bridgehead atoms. The standard InChI is InChI=1S/C19H21N3O3/c1-19(12-13-5-7-14(8-6-13)20(2)3)16-11-15(22(24)25)9-10-17(16)21(4)18(19)23/h5-11H,12H2,1-4H3. The molecule has 130 valence electrons. The quantitative estimate of drug-likeness (QED) is 0.634. The molecule has 0 fully saturated rings. The lowest BCUT2D eigenvalue weighted by Crippen LogP contribution is -2.37. The van der Waals surface area contributed by atoms with Gasteiger partial charge in [0.25, 0.3) is 5.69 Å². The summed E-state index contributed by atoms with van der Waals surface area (Å²) >= 11 is 0. The number of hydrogen-bond donors (Lipinski definition) is 0. The molecule has 2 aromatic carbocycles. The number of non-ortho nitro benzene ring substituents is 1. The number of fused-ring (bicyclic) bond motifs is 1. The van der Waals surface area contributed by atoms with Crippen molar-refractivity contribution in [3.63, 3.8) is 0 Å². The van der Waals surface area contributed by atoms with Crippen LogP contribution in [0.25, 0.3) is 0 Å². The summed E-state index contributed by atoms with van der Waals surface area (Å²) in [4.78, 5) is 27.2. The molecule has 25 heavy (non-hydrogen) atoms. The van der Waals surface area contributed by atoms with Crippen LogP contribution in [0.3, 0.4) is 0 Å². The number of nitrogens with zero attached hydrogens (tertiary/aromatic N) is 3. The van der Waals surface area contributed by atoms with E-state index in [2.05, 4.69) is 0 Å². The molecule has 3 rings (SSSR count). The van der Waals surface area contributed by atoms with Crippen molar-refractivity contribution in [1.82, 2.24) is 0 Å². The first-order chi connectivity index (χ1) is 11.7. The lowest BCUT2D eigenvalue weighted by Gasteiger charge is -2.23. The highest BCUT2D eigenvalue weighted by atomic mass is 16.6. The van der Waals surface area contributed by atoms with Crippen molar-refractivity contribution in [3.05, 3.63) is 63.7 Å². The Morgan fingerprint density at radius 2 is 1.80 bits per heavy atom. The minimum Gasteiger partial charge on any atom is -0.378 e. The number of carbonyl (C=O) groups excluding carboxylic acids is 1. The summed E-state index contributed by atoms with van der Waals surface area (Å²) < 4.78 is 0. The zero-order chi connectivity index (χ0) is 18.4. The molecule has 0 radical (unpaired) electrons. The maximum Gasteiger partial charge on any atom is 0.269 e. The van der Waals surface area contributed by atoms with Gasteiger partial charge >= 0.3 is 0 Å². The Hall–Kier alpha value is -2.89. The fourth-order valence-corrected chi connectivity index (χ4v) is 3.46. The van der Waals surface area contributed by atoms with Crippen molar-refractivity contribution in [3.8, 4) is 0 Å². The average Bonchev–Trinajstić information content (AvgIpc) is 2.77. The molecular weight excluding hydrogens is 318 g/mol. The summed E-state index contributed by atoms with van der Waals surface area (Å²) in [5, 5.41) is 11.1. The highest BCUT2D eigenvalue weighted by molar-refractivity contribution is 6.07. The molecule has 0 saturated carbocycles. The Kier molecular flexibility index (Phi) is 3.99. The Labute approximate surface area is 146 Å². The number of anilines is 2. The monoisotopic (exact) mass is 339 g/mol. The molecule has 0 saturated heterocycles. The first kappa shape index (κ1) is 17.0. The van der Waals surface area contributed by atoms with Gasteiger partial charge in [0.15, 0.2) is 0 Å². The van der Waals surface area contributed by atoms with Gasteiger partial charge in [0.1, 0.15) is 0 Å². The molecule has 0 N–H and O–H groups in total. The molecule has 6 heteroatoms. The van der Waals surface area contributed by atoms with Crippen molar-refractivity contribution in [1.29, 1.82) is 0 Å². The zero-order valence-corrected chi connectivity index (χ0v) is 14.8. The SMILES string of the molecule is CN(C)c1ccc(CC2(C)C(=O)N(C)c3ccc([N+](=O)[O-])cc32)cc1. The molecule has 1 atom stereocenters. The van der Waals surface area contributed by atoms with Gasteiger partial charge in [-0.1, -0.05) is 12.1 Å². The van der Waals surface area contributed by atoms with Gasteiger partial charge in [-0.3, -0.25) is 14.9 Å². The van der Waals surface area contributed by atoms with Gasteiger partial charge in [0, 0.05) is 44.7 Å². The summed E-state index contributed by atoms with van der Waals surface area (Å²) in [5.41, 5.74) is 2.76. The molecule has 1 amide bonds. The van der Waals surface area contributed by atoms with Crippen LogP contribution in [-0.4, -0.2) is 32.0 Å². The lowest BCUT2D eigenvalue weighted by molar-refractivity contribution is -0.384. The summed E-state index contributed by atoms with van der Waals surface area (Å²) in [7, 11) is 5.66. The fourth-order valence-electron chi connectivity index (χ4n) is 3.46. The van der Waals surface area contributed by atoms with Crippen LogP contribution in [0.5, 0.6) is 0 Å². The topological polar surface area (TPSA) is 66.7 Å². The minimum atomic E-state index is -0.810. The maximum absolute atomic E-state index is 12.9. The van der Waals surface area contributed by atoms with E-state index in [4.69, 9.17) is 0 Å². The second-order valence-corrected chi connectivity index (χ2v) is 6.89. The van der Waals surface area contributed by atoms with Crippen LogP contribution >= 0.6 is 0 Å². The lowest BCUT2D eigenvalue weighted by atomic mass is 9.78. The number of likely N-dealkylation sites (N-methyl/N-ethyl adjacent to an activating group) is 1. The number of rotatable bonds is 4. The molecule has 1 unspecified atom stereocenters. The van der Waals surface area contributed by atoms with Gasteiger partial charge in [-0.2, -0.15) is 0 Å². The predicted octanol–water partition coefficient (Wildman–Crippen LogP) is 3.14. The molecule has 6 nitrogen and oxygen atoms in total. The average molecular weight is 339 g/mol. The van der Waals surface area contributed by atoms with Crippen LogP contribution < -0.4 is 9.80 Å². The predicted molar refractivity (Wildman–Crippen MR) is 98.3 cm³/mol. The van der Waals surface area contributed by atoms with E-state index in [0.717, 1.165) is 16.9 Å². The fraction of sp³-hybridized carbons (Fsp3) is 0.316. The third-order valence-corrected chi connectivity index (χ3v) is 4.93. The van der Waals surface area contributed by atoms with Crippen molar-refractivity contribution >= 4 is 23.0 Å². The summed E-state index contributed by atoms with van der Waals surface area (Å²) in [6.45, 7) is 1.86. The normalized spacial score (nSPS) is 19.0. The van der Waals surface area contributed by atoms with E-state index in [1.807, 2.05) is 50.2 Å². The Balaban J connectivity index is 2.02. The Bertz CT molecular complexity index is 845. The van der Waals surface area contributed by atoms with Crippen molar-refractivity contribution in [2.45, 2.75) is 18.8 Å². The number of amides is 1. The van der Waals surface area contributed by atoms with Crippen LogP contribution in [-0.2, 0) is 16.6 Å². The van der Waals surface area contributed by atoms with Crippen LogP contribution in [0.15, 0.2) is 42.5 Å². The number of hydrogen-bond acceptors (Lipinski definition) is 4. The van der Waals surface area contributed by atoms with Crippen LogP contribution in [0.2, 0.25) is 0 Å². The van der Waals surface area contributed by atoms with Crippen LogP contribution in [0.1, 0.15) is 18.1 Å². The largest absolute Gasteiger partial charge is 0.378 e. The van der Waals surface area contributed by atoms with E-state index >= 15 is 0 Å². The number of nitro benzene ring substituents is 1. The van der Waals surface area contributed by atoms with E-state index in [1.54, 1.807) is 18.0 Å². The summed E-state index contributed by atoms with van der Waals surface area (Å²) in [6.07, 6.45) is 0.498. The number of benzene rings is 2. The van der Waals surface area contributed by atoms with E-state index in [9.17, 15) is 14.9 Å². The second-order valence-electron chi connectivity index (χ2n) is 6.89. The first-order valence-corrected chi connectivity index (χ1v) is 8.07. The molecule has 1 aliphatic rings. The van der Waals surface area contributed by atoms with E-state index in [-0.39, 0.29) is 11.6 Å². The van der Waals surface area contributed by atoms with Gasteiger partial charge in [0.2, 0.25) is 5.91 Å². The minimum absolute atomic E-state index is 0.0102. The zero-order valence-electron chi connectivity index (χ0n) is 14.8. The maximum atomic E-state index is 12.9. The van der Waals surface area contributed by atoms with Crippen LogP contribution in [0, 0.1) is 10.1 Å². The van der Waals surface area contributed by atoms with Crippen molar-refractivity contribution in [2.75, 3.05) is 30.9 Å². The summed E-state index contributed by atoms with van der Waals surface area (Å²) in [6, 6.07) is 12.7. The van der Waals surface area contributed by atoms with E-state index < -0.39 is 10.3 Å². The molecule has 0 aromatic heterocycles. The highest BCUT2D eigenvalue weighted by Crippen LogP contribution is 2.44. The Morgan fingerprint density at radius 3 is 2.36 bits per heavy atom. The van der Waals surface area contributed by atoms with E-state index in [1.165, 1.54) is 12.1 Å². The van der Waals surface area contributed by atoms with Crippen molar-refractivity contribution in [2.24, 2.45) is 0 Å². The van der Waals surface area contributed by atoms with Gasteiger partial charge in [0.05, 0.1) is 10.3 Å². The molecule has 0 aliphatic carbocycles. The second kappa shape index (κ2) is 5.88. The first-order valence-electron chi connectivity index (χ1n) is 8.07. The van der Waals surface area contributed by atoms with Gasteiger partial charge in [-0.15, -0.1) is 0 Å². The third-order valence-electron chi connectivity index (χ3n) is 4.93. The van der Waals surface area contributed by atoms with Crippen LogP contribution in [0.4, 0.5) is 17.1 Å². The number of nitro groups is 1. The molecule has 0 spiro atoms.